The molecule has 96 valence electrons. The van der Waals surface area contributed by atoms with Crippen LogP contribution in [0.25, 0.3) is 0 Å². The quantitative estimate of drug-likeness (QED) is 0.866. The van der Waals surface area contributed by atoms with Gasteiger partial charge in [0.15, 0.2) is 0 Å². The Kier molecular flexibility index (Phi) is 4.58. The minimum absolute atomic E-state index is 0.146. The predicted molar refractivity (Wildman–Crippen MR) is 73.5 cm³/mol. The van der Waals surface area contributed by atoms with Crippen LogP contribution in [0, 0.1) is 5.92 Å². The van der Waals surface area contributed by atoms with Crippen LogP contribution >= 0.6 is 0 Å². The van der Waals surface area contributed by atoms with E-state index in [1.54, 1.807) is 0 Å². The van der Waals surface area contributed by atoms with Gasteiger partial charge in [-0.05, 0) is 56.8 Å². The van der Waals surface area contributed by atoms with Crippen LogP contribution in [0.1, 0.15) is 46.1 Å². The van der Waals surface area contributed by atoms with Crippen LogP contribution in [0.15, 0.2) is 24.3 Å². The Hall–Kier alpha value is -1.02. The highest BCUT2D eigenvalue weighted by molar-refractivity contribution is 5.30. The first-order valence-corrected chi connectivity index (χ1v) is 6.32. The molecule has 0 fully saturated rings. The lowest BCUT2D eigenvalue weighted by molar-refractivity contribution is 0.131. The highest BCUT2D eigenvalue weighted by Crippen LogP contribution is 2.26. The Morgan fingerprint density at radius 2 is 1.65 bits per heavy atom. The maximum Gasteiger partial charge on any atom is 0.120 e. The number of rotatable bonds is 4. The van der Waals surface area contributed by atoms with E-state index in [2.05, 4.69) is 46.8 Å². The molecule has 2 heteroatoms. The molecule has 2 nitrogen and oxygen atoms in total. The highest BCUT2D eigenvalue weighted by Gasteiger charge is 2.15. The normalized spacial score (nSPS) is 13.8. The summed E-state index contributed by atoms with van der Waals surface area (Å²) in [6, 6.07) is 8.31. The van der Waals surface area contributed by atoms with Crippen molar-refractivity contribution in [2.45, 2.75) is 46.1 Å². The fourth-order valence-electron chi connectivity index (χ4n) is 1.93. The van der Waals surface area contributed by atoms with E-state index in [-0.39, 0.29) is 5.60 Å². The third-order valence-electron chi connectivity index (χ3n) is 2.79. The highest BCUT2D eigenvalue weighted by atomic mass is 16.5. The molecule has 0 heterocycles. The van der Waals surface area contributed by atoms with E-state index in [0.717, 1.165) is 5.75 Å². The summed E-state index contributed by atoms with van der Waals surface area (Å²) in [5.74, 6) is 1.91. The molecule has 0 radical (unpaired) electrons. The van der Waals surface area contributed by atoms with Crippen LogP contribution in [-0.4, -0.2) is 12.1 Å². The molecular weight excluding hydrogens is 210 g/mol. The van der Waals surface area contributed by atoms with Crippen molar-refractivity contribution in [3.8, 4) is 5.75 Å². The van der Waals surface area contributed by atoms with Crippen LogP contribution in [0.2, 0.25) is 0 Å². The Balaban J connectivity index is 2.80. The summed E-state index contributed by atoms with van der Waals surface area (Å²) in [5, 5.41) is 0. The molecule has 0 saturated carbocycles. The van der Waals surface area contributed by atoms with Crippen LogP contribution in [0.5, 0.6) is 5.75 Å². The van der Waals surface area contributed by atoms with Gasteiger partial charge in [-0.3, -0.25) is 0 Å². The Bertz CT molecular complexity index is 335. The molecule has 0 bridgehead atoms. The molecule has 0 aliphatic heterocycles. The molecule has 1 atom stereocenters. The van der Waals surface area contributed by atoms with Gasteiger partial charge >= 0.3 is 0 Å². The molecule has 0 aromatic heterocycles. The molecule has 0 aliphatic carbocycles. The second kappa shape index (κ2) is 5.54. The van der Waals surface area contributed by atoms with Crippen molar-refractivity contribution in [2.75, 3.05) is 6.54 Å². The van der Waals surface area contributed by atoms with Crippen molar-refractivity contribution in [3.63, 3.8) is 0 Å². The smallest absolute Gasteiger partial charge is 0.120 e. The maximum atomic E-state index is 5.81. The summed E-state index contributed by atoms with van der Waals surface area (Å²) in [6.07, 6.45) is 0. The SMILES string of the molecule is CC(C)C(CN)c1ccc(OC(C)(C)C)cc1. The third kappa shape index (κ3) is 4.39. The zero-order valence-corrected chi connectivity index (χ0v) is 11.7. The summed E-state index contributed by atoms with van der Waals surface area (Å²) < 4.78 is 5.80. The van der Waals surface area contributed by atoms with Gasteiger partial charge in [0.1, 0.15) is 11.4 Å². The summed E-state index contributed by atoms with van der Waals surface area (Å²) in [7, 11) is 0. The number of benzene rings is 1. The van der Waals surface area contributed by atoms with Gasteiger partial charge in [-0.1, -0.05) is 26.0 Å². The van der Waals surface area contributed by atoms with Crippen molar-refractivity contribution in [1.29, 1.82) is 0 Å². The molecule has 1 aromatic rings. The summed E-state index contributed by atoms with van der Waals surface area (Å²) >= 11 is 0. The zero-order valence-electron chi connectivity index (χ0n) is 11.7. The average Bonchev–Trinajstić information content (AvgIpc) is 2.18. The van der Waals surface area contributed by atoms with Gasteiger partial charge in [-0.25, -0.2) is 0 Å². The molecule has 1 rings (SSSR count). The number of nitrogens with two attached hydrogens (primary N) is 1. The predicted octanol–water partition coefficient (Wildman–Crippen LogP) is 3.56. The number of ether oxygens (including phenoxy) is 1. The molecule has 17 heavy (non-hydrogen) atoms. The molecule has 0 saturated heterocycles. The van der Waals surface area contributed by atoms with E-state index in [1.165, 1.54) is 5.56 Å². The van der Waals surface area contributed by atoms with E-state index in [1.807, 2.05) is 12.1 Å². The second-order valence-electron chi connectivity index (χ2n) is 5.87. The van der Waals surface area contributed by atoms with E-state index in [4.69, 9.17) is 10.5 Å². The third-order valence-corrected chi connectivity index (χ3v) is 2.79. The summed E-state index contributed by atoms with van der Waals surface area (Å²) in [4.78, 5) is 0. The van der Waals surface area contributed by atoms with Gasteiger partial charge in [0, 0.05) is 0 Å². The van der Waals surface area contributed by atoms with Crippen molar-refractivity contribution in [2.24, 2.45) is 11.7 Å². The lowest BCUT2D eigenvalue weighted by Crippen LogP contribution is -2.23. The molecule has 0 aliphatic rings. The zero-order chi connectivity index (χ0) is 13.1. The maximum absolute atomic E-state index is 5.81. The first-order chi connectivity index (χ1) is 7.83. The van der Waals surface area contributed by atoms with E-state index < -0.39 is 0 Å². The van der Waals surface area contributed by atoms with Crippen LogP contribution < -0.4 is 10.5 Å². The van der Waals surface area contributed by atoms with Gasteiger partial charge in [0.2, 0.25) is 0 Å². The van der Waals surface area contributed by atoms with Gasteiger partial charge in [0.25, 0.3) is 0 Å². The molecule has 0 amide bonds. The van der Waals surface area contributed by atoms with E-state index in [0.29, 0.717) is 18.4 Å². The number of hydrogen-bond donors (Lipinski definition) is 1. The Morgan fingerprint density at radius 1 is 1.12 bits per heavy atom. The lowest BCUT2D eigenvalue weighted by Gasteiger charge is -2.23. The van der Waals surface area contributed by atoms with E-state index >= 15 is 0 Å². The molecule has 0 spiro atoms. The fourth-order valence-corrected chi connectivity index (χ4v) is 1.93. The first kappa shape index (κ1) is 14.0. The largest absolute Gasteiger partial charge is 0.488 e. The molecule has 2 N–H and O–H groups in total. The molecule has 1 unspecified atom stereocenters. The second-order valence-corrected chi connectivity index (χ2v) is 5.87. The van der Waals surface area contributed by atoms with Crippen LogP contribution in [-0.2, 0) is 0 Å². The number of hydrogen-bond acceptors (Lipinski definition) is 2. The van der Waals surface area contributed by atoms with Crippen molar-refractivity contribution in [3.05, 3.63) is 29.8 Å². The minimum Gasteiger partial charge on any atom is -0.488 e. The molecular formula is C15H25NO. The summed E-state index contributed by atoms with van der Waals surface area (Å²) in [5.41, 5.74) is 6.96. The van der Waals surface area contributed by atoms with Gasteiger partial charge in [-0.2, -0.15) is 0 Å². The van der Waals surface area contributed by atoms with Crippen LogP contribution in [0.4, 0.5) is 0 Å². The monoisotopic (exact) mass is 235 g/mol. The first-order valence-electron chi connectivity index (χ1n) is 6.32. The minimum atomic E-state index is -0.146. The Morgan fingerprint density at radius 3 is 2.00 bits per heavy atom. The molecule has 1 aromatic carbocycles. The average molecular weight is 235 g/mol. The van der Waals surface area contributed by atoms with Gasteiger partial charge in [0.05, 0.1) is 0 Å². The van der Waals surface area contributed by atoms with Gasteiger partial charge < -0.3 is 10.5 Å². The van der Waals surface area contributed by atoms with Gasteiger partial charge in [-0.15, -0.1) is 0 Å². The Labute approximate surface area is 105 Å². The van der Waals surface area contributed by atoms with Crippen molar-refractivity contribution >= 4 is 0 Å². The van der Waals surface area contributed by atoms with Crippen LogP contribution in [0.3, 0.4) is 0 Å². The van der Waals surface area contributed by atoms with Crippen molar-refractivity contribution in [1.82, 2.24) is 0 Å². The topological polar surface area (TPSA) is 35.2 Å². The van der Waals surface area contributed by atoms with Crippen molar-refractivity contribution < 1.29 is 4.74 Å². The lowest BCUT2D eigenvalue weighted by atomic mass is 9.88. The van der Waals surface area contributed by atoms with E-state index in [9.17, 15) is 0 Å². The fraction of sp³-hybridized carbons (Fsp3) is 0.600. The summed E-state index contributed by atoms with van der Waals surface area (Å²) in [6.45, 7) is 11.3. The standard InChI is InChI=1S/C15H25NO/c1-11(2)14(10-16)12-6-8-13(9-7-12)17-15(3,4)5/h6-9,11,14H,10,16H2,1-5H3.